The van der Waals surface area contributed by atoms with Crippen LogP contribution in [0.5, 0.6) is 0 Å². The Morgan fingerprint density at radius 2 is 1.73 bits per heavy atom. The maximum atomic E-state index is 13.1. The smallest absolute Gasteiger partial charge is 0.341 e. The highest BCUT2D eigenvalue weighted by molar-refractivity contribution is 7.89. The predicted octanol–water partition coefficient (Wildman–Crippen LogP) is 4.43. The third kappa shape index (κ3) is 5.84. The van der Waals surface area contributed by atoms with Gasteiger partial charge < -0.3 is 10.1 Å². The number of carbonyl (C=O) groups is 2. The zero-order valence-electron chi connectivity index (χ0n) is 18.0. The van der Waals surface area contributed by atoms with E-state index >= 15 is 0 Å². The van der Waals surface area contributed by atoms with E-state index in [1.807, 2.05) is 30.3 Å². The number of ether oxygens (including phenoxy) is 1. The summed E-state index contributed by atoms with van der Waals surface area (Å²) in [7, 11) is -4.06. The van der Waals surface area contributed by atoms with Crippen molar-refractivity contribution in [1.29, 1.82) is 0 Å². The molecule has 3 aromatic rings. The second-order valence-corrected chi connectivity index (χ2v) is 9.56. The minimum atomic E-state index is -4.06. The fourth-order valence-corrected chi connectivity index (χ4v) is 5.32. The van der Waals surface area contributed by atoms with Crippen molar-refractivity contribution in [2.75, 3.05) is 11.9 Å². The fourth-order valence-electron chi connectivity index (χ4n) is 3.08. The quantitative estimate of drug-likeness (QED) is 0.432. The molecule has 0 aliphatic rings. The lowest BCUT2D eigenvalue weighted by molar-refractivity contribution is -0.117. The van der Waals surface area contributed by atoms with E-state index in [0.717, 1.165) is 41.2 Å². The minimum Gasteiger partial charge on any atom is -0.462 e. The van der Waals surface area contributed by atoms with E-state index in [1.54, 1.807) is 19.2 Å². The molecule has 2 aromatic carbocycles. The van der Waals surface area contributed by atoms with E-state index in [2.05, 4.69) is 10.0 Å². The maximum Gasteiger partial charge on any atom is 0.341 e. The zero-order valence-corrected chi connectivity index (χ0v) is 19.6. The Hall–Kier alpha value is -3.08. The molecule has 1 amide bonds. The summed E-state index contributed by atoms with van der Waals surface area (Å²) < 4.78 is 45.9. The van der Waals surface area contributed by atoms with Crippen molar-refractivity contribution >= 4 is 38.2 Å². The average Bonchev–Trinajstić information content (AvgIpc) is 3.22. The van der Waals surface area contributed by atoms with E-state index < -0.39 is 33.8 Å². The topological polar surface area (TPSA) is 102 Å². The van der Waals surface area contributed by atoms with Gasteiger partial charge in [0.2, 0.25) is 15.9 Å². The summed E-state index contributed by atoms with van der Waals surface area (Å²) in [6.45, 7) is 3.49. The van der Waals surface area contributed by atoms with Crippen molar-refractivity contribution in [2.24, 2.45) is 0 Å². The molecule has 0 spiro atoms. The van der Waals surface area contributed by atoms with E-state index in [-0.39, 0.29) is 28.5 Å². The highest BCUT2D eigenvalue weighted by atomic mass is 32.2. The van der Waals surface area contributed by atoms with E-state index in [0.29, 0.717) is 5.56 Å². The standard InChI is InChI=1S/C23H23FN2O5S2/c1-3-19(26-33(29,30)17-12-10-16(24)11-13-17)21(27)25-22-20(23(28)31-4-2)18(14-32-22)15-8-6-5-7-9-15/h5-14,19,26H,3-4H2,1-2H3,(H,25,27). The molecule has 1 aromatic heterocycles. The van der Waals surface area contributed by atoms with Gasteiger partial charge in [-0.1, -0.05) is 37.3 Å². The van der Waals surface area contributed by atoms with Crippen molar-refractivity contribution in [3.05, 3.63) is 71.4 Å². The normalized spacial score (nSPS) is 12.2. The van der Waals surface area contributed by atoms with Gasteiger partial charge in [-0.3, -0.25) is 4.79 Å². The largest absolute Gasteiger partial charge is 0.462 e. The molecule has 0 bridgehead atoms. The second-order valence-electron chi connectivity index (χ2n) is 6.97. The number of anilines is 1. The van der Waals surface area contributed by atoms with Crippen molar-refractivity contribution in [3.8, 4) is 11.1 Å². The van der Waals surface area contributed by atoms with Gasteiger partial charge in [0.15, 0.2) is 0 Å². The number of rotatable bonds is 9. The number of thiophene rings is 1. The summed E-state index contributed by atoms with van der Waals surface area (Å²) in [5.74, 6) is -1.79. The van der Waals surface area contributed by atoms with Crippen molar-refractivity contribution < 1.29 is 27.1 Å². The van der Waals surface area contributed by atoms with Gasteiger partial charge in [-0.25, -0.2) is 17.6 Å². The van der Waals surface area contributed by atoms with Gasteiger partial charge in [0.1, 0.15) is 22.4 Å². The van der Waals surface area contributed by atoms with Crippen molar-refractivity contribution in [3.63, 3.8) is 0 Å². The third-order valence-electron chi connectivity index (χ3n) is 4.74. The Morgan fingerprint density at radius 3 is 2.33 bits per heavy atom. The van der Waals surface area contributed by atoms with Crippen molar-refractivity contribution in [2.45, 2.75) is 31.2 Å². The first-order valence-electron chi connectivity index (χ1n) is 10.2. The molecule has 7 nitrogen and oxygen atoms in total. The number of hydrogen-bond acceptors (Lipinski definition) is 6. The number of nitrogens with one attached hydrogen (secondary N) is 2. The monoisotopic (exact) mass is 490 g/mol. The van der Waals surface area contributed by atoms with Gasteiger partial charge in [-0.15, -0.1) is 11.3 Å². The summed E-state index contributed by atoms with van der Waals surface area (Å²) in [6.07, 6.45) is 0.151. The SMILES string of the molecule is CCOC(=O)c1c(-c2ccccc2)csc1NC(=O)C(CC)NS(=O)(=O)c1ccc(F)cc1. The Kier molecular flexibility index (Phi) is 7.96. The van der Waals surface area contributed by atoms with Crippen LogP contribution in [-0.4, -0.2) is 32.9 Å². The van der Waals surface area contributed by atoms with Gasteiger partial charge in [-0.2, -0.15) is 4.72 Å². The maximum absolute atomic E-state index is 13.1. The molecule has 0 aliphatic heterocycles. The summed E-state index contributed by atoms with van der Waals surface area (Å²) in [5, 5.41) is 4.66. The van der Waals surface area contributed by atoms with Gasteiger partial charge >= 0.3 is 5.97 Å². The highest BCUT2D eigenvalue weighted by Crippen LogP contribution is 2.36. The predicted molar refractivity (Wildman–Crippen MR) is 125 cm³/mol. The second kappa shape index (κ2) is 10.7. The number of hydrogen-bond donors (Lipinski definition) is 2. The summed E-state index contributed by atoms with van der Waals surface area (Å²) in [4.78, 5) is 25.5. The van der Waals surface area contributed by atoms with Crippen LogP contribution >= 0.6 is 11.3 Å². The van der Waals surface area contributed by atoms with Gasteiger partial charge in [0.05, 0.1) is 11.5 Å². The minimum absolute atomic E-state index is 0.151. The Labute approximate surface area is 195 Å². The highest BCUT2D eigenvalue weighted by Gasteiger charge is 2.28. The third-order valence-corrected chi connectivity index (χ3v) is 7.12. The molecular weight excluding hydrogens is 467 g/mol. The molecule has 0 radical (unpaired) electrons. The summed E-state index contributed by atoms with van der Waals surface area (Å²) in [6, 6.07) is 12.4. The number of sulfonamides is 1. The van der Waals surface area contributed by atoms with Gasteiger partial charge in [-0.05, 0) is 43.2 Å². The number of carbonyl (C=O) groups excluding carboxylic acids is 2. The van der Waals surface area contributed by atoms with Crippen LogP contribution < -0.4 is 10.0 Å². The van der Waals surface area contributed by atoms with E-state index in [4.69, 9.17) is 4.74 Å². The number of halogens is 1. The van der Waals surface area contributed by atoms with Gasteiger partial charge in [0.25, 0.3) is 0 Å². The van der Waals surface area contributed by atoms with Crippen LogP contribution in [0.3, 0.4) is 0 Å². The fraction of sp³-hybridized carbons (Fsp3) is 0.217. The number of benzene rings is 2. The lowest BCUT2D eigenvalue weighted by Crippen LogP contribution is -2.43. The zero-order chi connectivity index (χ0) is 24.0. The van der Waals surface area contributed by atoms with Crippen molar-refractivity contribution in [1.82, 2.24) is 4.72 Å². The molecule has 10 heteroatoms. The molecule has 0 fully saturated rings. The van der Waals surface area contributed by atoms with Crippen LogP contribution in [0.1, 0.15) is 30.6 Å². The average molecular weight is 491 g/mol. The Balaban J connectivity index is 1.87. The Morgan fingerprint density at radius 1 is 1.06 bits per heavy atom. The van der Waals surface area contributed by atoms with Crippen LogP contribution in [-0.2, 0) is 19.6 Å². The van der Waals surface area contributed by atoms with Crippen LogP contribution in [0.15, 0.2) is 64.9 Å². The first-order valence-corrected chi connectivity index (χ1v) is 12.6. The molecule has 0 saturated carbocycles. The molecule has 0 saturated heterocycles. The molecule has 33 heavy (non-hydrogen) atoms. The molecule has 0 aliphatic carbocycles. The number of esters is 1. The van der Waals surface area contributed by atoms with Crippen LogP contribution in [0.25, 0.3) is 11.1 Å². The number of amides is 1. The first kappa shape index (κ1) is 24.6. The Bertz CT molecular complexity index is 1230. The molecule has 174 valence electrons. The lowest BCUT2D eigenvalue weighted by atomic mass is 10.0. The molecule has 1 atom stereocenters. The first-order chi connectivity index (χ1) is 15.8. The summed E-state index contributed by atoms with van der Waals surface area (Å²) in [5.41, 5.74) is 1.59. The van der Waals surface area contributed by atoms with Crippen LogP contribution in [0.4, 0.5) is 9.39 Å². The molecule has 3 rings (SSSR count). The lowest BCUT2D eigenvalue weighted by Gasteiger charge is -2.17. The van der Waals surface area contributed by atoms with Crippen LogP contribution in [0, 0.1) is 5.82 Å². The molecule has 2 N–H and O–H groups in total. The molecular formula is C23H23FN2O5S2. The van der Waals surface area contributed by atoms with Gasteiger partial charge in [0, 0.05) is 10.9 Å². The van der Waals surface area contributed by atoms with E-state index in [1.165, 1.54) is 0 Å². The van der Waals surface area contributed by atoms with E-state index in [9.17, 15) is 22.4 Å². The molecule has 1 unspecified atom stereocenters. The summed E-state index contributed by atoms with van der Waals surface area (Å²) >= 11 is 1.15. The van der Waals surface area contributed by atoms with Crippen LogP contribution in [0.2, 0.25) is 0 Å². The molecule has 1 heterocycles.